The van der Waals surface area contributed by atoms with E-state index in [0.717, 1.165) is 52.4 Å². The number of halogens is 1. The quantitative estimate of drug-likeness (QED) is 0.110. The van der Waals surface area contributed by atoms with Gasteiger partial charge in [0.1, 0.15) is 0 Å². The molecule has 0 bridgehead atoms. The van der Waals surface area contributed by atoms with Crippen molar-refractivity contribution in [3.8, 4) is 0 Å². The molecule has 0 aliphatic carbocycles. The first-order valence-electron chi connectivity index (χ1n) is 14.2. The summed E-state index contributed by atoms with van der Waals surface area (Å²) in [4.78, 5) is 0. The molecule has 0 rings (SSSR count). The van der Waals surface area contributed by atoms with E-state index in [1.165, 1.54) is 64.2 Å². The van der Waals surface area contributed by atoms with Crippen molar-refractivity contribution in [2.45, 2.75) is 120 Å². The molecule has 32 heavy (non-hydrogen) atoms. The predicted molar refractivity (Wildman–Crippen MR) is 151 cm³/mol. The number of hydrogen-bond acceptors (Lipinski definition) is 4. The normalized spacial score (nSPS) is 14.1. The summed E-state index contributed by atoms with van der Waals surface area (Å²) in [5.41, 5.74) is 0. The summed E-state index contributed by atoms with van der Waals surface area (Å²) in [6.07, 6.45) is 13.1. The Labute approximate surface area is 208 Å². The average molecular weight is 495 g/mol. The molecule has 0 aromatic rings. The van der Waals surface area contributed by atoms with E-state index in [1.54, 1.807) is 0 Å². The van der Waals surface area contributed by atoms with Gasteiger partial charge >= 0.3 is 208 Å². The van der Waals surface area contributed by atoms with Crippen molar-refractivity contribution < 1.29 is 0 Å². The molecule has 0 radical (unpaired) electrons. The molecular weight excluding hydrogens is 435 g/mol. The Kier molecular flexibility index (Phi) is 18.2. The molecule has 0 fully saturated rings. The molecule has 0 aromatic heterocycles. The van der Waals surface area contributed by atoms with Crippen LogP contribution < -0.4 is 0 Å². The molecule has 0 unspecified atom stereocenters. The average Bonchev–Trinajstić information content (AvgIpc) is 2.79. The molecule has 4 nitrogen and oxygen atoms in total. The molecule has 0 spiro atoms. The molecule has 0 aliphatic heterocycles. The second kappa shape index (κ2) is 17.9. The van der Waals surface area contributed by atoms with Crippen LogP contribution in [0.15, 0.2) is 0 Å². The Hall–Kier alpha value is 0.560. The summed E-state index contributed by atoms with van der Waals surface area (Å²) >= 11 is 8.38. The van der Waals surface area contributed by atoms with Crippen molar-refractivity contribution in [3.05, 3.63) is 0 Å². The SMILES string of the molecule is CCCCCCCN(CCCCCCC)P(Cl)(N(CC)CC)(N(CC)CC)N(CC)CC. The molecule has 0 heterocycles. The van der Waals surface area contributed by atoms with Gasteiger partial charge in [0, 0.05) is 0 Å². The first kappa shape index (κ1) is 32.6. The fraction of sp³-hybridized carbons (Fsp3) is 1.00. The van der Waals surface area contributed by atoms with E-state index < -0.39 is 6.56 Å². The third kappa shape index (κ3) is 7.79. The van der Waals surface area contributed by atoms with Crippen molar-refractivity contribution in [2.75, 3.05) is 52.4 Å². The number of nitrogens with zero attached hydrogens (tertiary/aromatic N) is 4. The van der Waals surface area contributed by atoms with Crippen LogP contribution in [0.3, 0.4) is 0 Å². The van der Waals surface area contributed by atoms with Crippen LogP contribution in [-0.2, 0) is 0 Å². The third-order valence-electron chi connectivity index (χ3n) is 7.18. The Morgan fingerprint density at radius 1 is 0.406 bits per heavy atom. The Balaban J connectivity index is 6.34. The molecule has 0 saturated carbocycles. The van der Waals surface area contributed by atoms with Crippen LogP contribution in [0.2, 0.25) is 0 Å². The third-order valence-corrected chi connectivity index (χ3v) is 15.7. The standard InChI is InChI=1S/C26H60ClN4P/c1-9-17-19-21-23-25-31(26-24-22-20-18-10-2)32(27,28(11-3)12-4,29(13-5)14-6)30(15-7)16-8/h9-26H2,1-8H3. The second-order valence-corrected chi connectivity index (χ2v) is 14.8. The van der Waals surface area contributed by atoms with Crippen molar-refractivity contribution >= 4 is 17.8 Å². The van der Waals surface area contributed by atoms with Crippen molar-refractivity contribution in [2.24, 2.45) is 0 Å². The molecule has 6 heteroatoms. The van der Waals surface area contributed by atoms with Crippen LogP contribution in [0.25, 0.3) is 0 Å². The van der Waals surface area contributed by atoms with E-state index in [0.29, 0.717) is 0 Å². The van der Waals surface area contributed by atoms with Gasteiger partial charge in [-0.2, -0.15) is 0 Å². The van der Waals surface area contributed by atoms with Gasteiger partial charge < -0.3 is 0 Å². The van der Waals surface area contributed by atoms with Crippen molar-refractivity contribution in [3.63, 3.8) is 0 Å². The van der Waals surface area contributed by atoms with Gasteiger partial charge in [-0.25, -0.2) is 0 Å². The monoisotopic (exact) mass is 494 g/mol. The van der Waals surface area contributed by atoms with Gasteiger partial charge in [0.25, 0.3) is 0 Å². The number of hydrogen-bond donors (Lipinski definition) is 0. The minimum atomic E-state index is -3.16. The summed E-state index contributed by atoms with van der Waals surface area (Å²) in [7, 11) is 0. The first-order valence-corrected chi connectivity index (χ1v) is 17.1. The Morgan fingerprint density at radius 2 is 0.688 bits per heavy atom. The fourth-order valence-corrected chi connectivity index (χ4v) is 13.9. The molecule has 0 saturated heterocycles. The predicted octanol–water partition coefficient (Wildman–Crippen LogP) is 8.62. The van der Waals surface area contributed by atoms with E-state index in [2.05, 4.69) is 74.1 Å². The van der Waals surface area contributed by atoms with Crippen molar-refractivity contribution in [1.82, 2.24) is 18.7 Å². The zero-order valence-corrected chi connectivity index (χ0v) is 25.0. The van der Waals surface area contributed by atoms with E-state index >= 15 is 0 Å². The second-order valence-electron chi connectivity index (χ2n) is 9.04. The van der Waals surface area contributed by atoms with Crippen LogP contribution in [0.1, 0.15) is 120 Å². The van der Waals surface area contributed by atoms with E-state index in [9.17, 15) is 0 Å². The fourth-order valence-electron chi connectivity index (χ4n) is 5.45. The number of rotatable bonds is 22. The van der Waals surface area contributed by atoms with Crippen LogP contribution in [0.4, 0.5) is 0 Å². The summed E-state index contributed by atoms with van der Waals surface area (Å²) in [5, 5.41) is 0. The molecule has 0 aliphatic rings. The Bertz CT molecular complexity index is 392. The minimum absolute atomic E-state index is 0.993. The van der Waals surface area contributed by atoms with Gasteiger partial charge in [-0.3, -0.25) is 0 Å². The zero-order valence-electron chi connectivity index (χ0n) is 23.3. The maximum absolute atomic E-state index is 8.38. The molecule has 0 aromatic carbocycles. The molecular formula is C26H60ClN4P. The van der Waals surface area contributed by atoms with E-state index in [-0.39, 0.29) is 0 Å². The van der Waals surface area contributed by atoms with Crippen molar-refractivity contribution in [1.29, 1.82) is 0 Å². The van der Waals surface area contributed by atoms with E-state index in [1.807, 2.05) is 0 Å². The topological polar surface area (TPSA) is 13.0 Å². The number of unbranched alkanes of at least 4 members (excludes halogenated alkanes) is 8. The summed E-state index contributed by atoms with van der Waals surface area (Å²) in [5.74, 6) is 0. The first-order chi connectivity index (χ1) is 15.4. The molecule has 0 amide bonds. The summed E-state index contributed by atoms with van der Waals surface area (Å²) in [6.45, 7) is 23.5. The molecule has 0 N–H and O–H groups in total. The summed E-state index contributed by atoms with van der Waals surface area (Å²) in [6, 6.07) is 0. The molecule has 196 valence electrons. The van der Waals surface area contributed by atoms with Gasteiger partial charge in [-0.15, -0.1) is 0 Å². The van der Waals surface area contributed by atoms with Crippen LogP contribution in [0.5, 0.6) is 0 Å². The van der Waals surface area contributed by atoms with Gasteiger partial charge in [0.05, 0.1) is 0 Å². The zero-order chi connectivity index (χ0) is 24.5. The van der Waals surface area contributed by atoms with Crippen LogP contribution >= 0.6 is 17.8 Å². The van der Waals surface area contributed by atoms with Crippen LogP contribution in [0, 0.1) is 0 Å². The van der Waals surface area contributed by atoms with Gasteiger partial charge in [-0.1, -0.05) is 0 Å². The Morgan fingerprint density at radius 3 is 0.938 bits per heavy atom. The van der Waals surface area contributed by atoms with Gasteiger partial charge in [0.2, 0.25) is 0 Å². The van der Waals surface area contributed by atoms with E-state index in [4.69, 9.17) is 11.2 Å². The maximum atomic E-state index is 8.38. The summed E-state index contributed by atoms with van der Waals surface area (Å²) < 4.78 is 10.8. The molecule has 0 atom stereocenters. The van der Waals surface area contributed by atoms with Gasteiger partial charge in [0.15, 0.2) is 0 Å². The van der Waals surface area contributed by atoms with Crippen LogP contribution in [-0.4, -0.2) is 71.0 Å². The van der Waals surface area contributed by atoms with Gasteiger partial charge in [-0.05, 0) is 0 Å².